The Balaban J connectivity index is 2.94. The van der Waals surface area contributed by atoms with Crippen LogP contribution < -0.4 is 5.46 Å². The monoisotopic (exact) mass is 307 g/mol. The normalized spacial score (nSPS) is 9.93. The molecule has 74 valence electrons. The molecule has 0 aliphatic carbocycles. The number of carboxylic acid groups (broad SMARTS) is 1. The lowest BCUT2D eigenvalue weighted by atomic mass is 9.81. The van der Waals surface area contributed by atoms with E-state index in [1.54, 1.807) is 0 Å². The van der Waals surface area contributed by atoms with Gasteiger partial charge in [0.2, 0.25) is 0 Å². The van der Waals surface area contributed by atoms with Gasteiger partial charge in [-0.25, -0.2) is 4.98 Å². The number of carbonyl (C=O) groups is 1. The van der Waals surface area contributed by atoms with Crippen molar-refractivity contribution in [2.24, 2.45) is 0 Å². The van der Waals surface area contributed by atoms with Crippen LogP contribution in [0.25, 0.3) is 0 Å². The van der Waals surface area contributed by atoms with Crippen LogP contribution in [0.5, 0.6) is 0 Å². The summed E-state index contributed by atoms with van der Waals surface area (Å²) in [7, 11) is -1.58. The highest BCUT2D eigenvalue weighted by atomic mass is 127. The molecule has 0 unspecified atom stereocenters. The summed E-state index contributed by atoms with van der Waals surface area (Å²) in [4.78, 5) is 14.3. The van der Waals surface area contributed by atoms with Crippen molar-refractivity contribution in [3.05, 3.63) is 21.5 Å². The molecule has 0 saturated carbocycles. The molecule has 3 N–H and O–H groups in total. The first kappa shape index (κ1) is 11.4. The second kappa shape index (κ2) is 4.71. The van der Waals surface area contributed by atoms with Crippen LogP contribution in [0, 0.1) is 3.70 Å². The Morgan fingerprint density at radius 1 is 1.50 bits per heavy atom. The second-order valence-corrected chi connectivity index (χ2v) is 3.65. The lowest BCUT2D eigenvalue weighted by Gasteiger charge is -2.03. The fourth-order valence-corrected chi connectivity index (χ4v) is 1.70. The predicted octanol–water partition coefficient (Wildman–Crippen LogP) is -1.01. The largest absolute Gasteiger partial charge is 0.491 e. The molecule has 0 aromatic carbocycles. The Bertz CT molecular complexity index is 358. The maximum Gasteiger partial charge on any atom is 0.491 e. The highest BCUT2D eigenvalue weighted by molar-refractivity contribution is 14.1. The van der Waals surface area contributed by atoms with Gasteiger partial charge in [-0.05, 0) is 28.7 Å². The van der Waals surface area contributed by atoms with Gasteiger partial charge >= 0.3 is 13.1 Å². The summed E-state index contributed by atoms with van der Waals surface area (Å²) >= 11 is 1.82. The van der Waals surface area contributed by atoms with Gasteiger partial charge in [-0.15, -0.1) is 0 Å². The van der Waals surface area contributed by atoms with Crippen LogP contribution in [0.3, 0.4) is 0 Å². The number of halogens is 1. The fraction of sp³-hybridized carbons (Fsp3) is 0.143. The number of rotatable bonds is 3. The lowest BCUT2D eigenvalue weighted by molar-refractivity contribution is -0.136. The second-order valence-electron chi connectivity index (χ2n) is 2.63. The van der Waals surface area contributed by atoms with Crippen molar-refractivity contribution in [3.63, 3.8) is 0 Å². The van der Waals surface area contributed by atoms with Crippen LogP contribution in [-0.2, 0) is 11.2 Å². The molecule has 0 amide bonds. The summed E-state index contributed by atoms with van der Waals surface area (Å²) in [5.41, 5.74) is 0.672. The first-order chi connectivity index (χ1) is 6.50. The van der Waals surface area contributed by atoms with Crippen LogP contribution >= 0.6 is 22.6 Å². The number of carboxylic acids is 1. The Hall–Kier alpha value is -0.665. The van der Waals surface area contributed by atoms with Gasteiger partial charge in [0.05, 0.1) is 12.1 Å². The SMILES string of the molecule is O=C(O)Cc1ccc(B(O)O)c(I)n1. The molecule has 1 heterocycles. The van der Waals surface area contributed by atoms with Crippen LogP contribution in [0.15, 0.2) is 12.1 Å². The predicted molar refractivity (Wildman–Crippen MR) is 58.1 cm³/mol. The third-order valence-electron chi connectivity index (χ3n) is 1.55. The van der Waals surface area contributed by atoms with Gasteiger partial charge in [0.25, 0.3) is 0 Å². The Kier molecular flexibility index (Phi) is 3.84. The smallest absolute Gasteiger partial charge is 0.481 e. The van der Waals surface area contributed by atoms with Gasteiger partial charge in [-0.1, -0.05) is 6.07 Å². The number of pyridine rings is 1. The Morgan fingerprint density at radius 2 is 2.14 bits per heavy atom. The molecular weight excluding hydrogens is 300 g/mol. The van der Waals surface area contributed by atoms with Gasteiger partial charge < -0.3 is 15.2 Å². The van der Waals surface area contributed by atoms with E-state index in [1.807, 2.05) is 22.6 Å². The van der Waals surface area contributed by atoms with Gasteiger partial charge in [-0.2, -0.15) is 0 Å². The van der Waals surface area contributed by atoms with Crippen molar-refractivity contribution < 1.29 is 19.9 Å². The first-order valence-corrected chi connectivity index (χ1v) is 4.82. The molecule has 0 aliphatic rings. The van der Waals surface area contributed by atoms with E-state index in [4.69, 9.17) is 15.2 Å². The van der Waals surface area contributed by atoms with Gasteiger partial charge in [-0.3, -0.25) is 4.79 Å². The summed E-state index contributed by atoms with van der Waals surface area (Å²) in [5.74, 6) is -0.967. The zero-order valence-corrected chi connectivity index (χ0v) is 9.17. The molecule has 0 aliphatic heterocycles. The average molecular weight is 307 g/mol. The third-order valence-corrected chi connectivity index (χ3v) is 2.41. The molecule has 7 heteroatoms. The summed E-state index contributed by atoms with van der Waals surface area (Å²) in [6.07, 6.45) is -0.169. The molecule has 1 aromatic heterocycles. The van der Waals surface area contributed by atoms with E-state index < -0.39 is 13.1 Å². The molecule has 0 saturated heterocycles. The molecular formula is C7H7BINO4. The van der Waals surface area contributed by atoms with Crippen molar-refractivity contribution in [1.29, 1.82) is 0 Å². The topological polar surface area (TPSA) is 90.7 Å². The summed E-state index contributed by atoms with van der Waals surface area (Å²) in [5, 5.41) is 26.2. The molecule has 14 heavy (non-hydrogen) atoms. The maximum absolute atomic E-state index is 10.4. The maximum atomic E-state index is 10.4. The van der Waals surface area contributed by atoms with Crippen LogP contribution in [-0.4, -0.2) is 33.2 Å². The van der Waals surface area contributed by atoms with Crippen LogP contribution in [0.2, 0.25) is 0 Å². The summed E-state index contributed by atoms with van der Waals surface area (Å²) in [6.45, 7) is 0. The van der Waals surface area contributed by atoms with E-state index in [9.17, 15) is 4.79 Å². The molecule has 1 rings (SSSR count). The van der Waals surface area contributed by atoms with Crippen molar-refractivity contribution in [1.82, 2.24) is 4.98 Å². The quantitative estimate of drug-likeness (QED) is 0.378. The van der Waals surface area contributed by atoms with E-state index in [1.165, 1.54) is 12.1 Å². The van der Waals surface area contributed by atoms with Crippen molar-refractivity contribution in [2.45, 2.75) is 6.42 Å². The Labute approximate surface area is 94.1 Å². The average Bonchev–Trinajstić information content (AvgIpc) is 2.01. The fourth-order valence-electron chi connectivity index (χ4n) is 0.929. The molecule has 1 aromatic rings. The number of hydrogen-bond acceptors (Lipinski definition) is 4. The van der Waals surface area contributed by atoms with E-state index in [0.717, 1.165) is 0 Å². The van der Waals surface area contributed by atoms with Crippen LogP contribution in [0.4, 0.5) is 0 Å². The van der Waals surface area contributed by atoms with E-state index in [-0.39, 0.29) is 11.9 Å². The number of aromatic nitrogens is 1. The number of nitrogens with zero attached hydrogens (tertiary/aromatic N) is 1. The summed E-state index contributed by atoms with van der Waals surface area (Å²) < 4.78 is 0.399. The minimum Gasteiger partial charge on any atom is -0.481 e. The molecule has 0 fully saturated rings. The molecule has 0 spiro atoms. The van der Waals surface area contributed by atoms with E-state index in [0.29, 0.717) is 9.39 Å². The van der Waals surface area contributed by atoms with Crippen molar-refractivity contribution in [3.8, 4) is 0 Å². The first-order valence-electron chi connectivity index (χ1n) is 3.74. The molecule has 0 radical (unpaired) electrons. The third kappa shape index (κ3) is 2.93. The molecule has 0 atom stereocenters. The van der Waals surface area contributed by atoms with E-state index in [2.05, 4.69) is 4.98 Å². The lowest BCUT2D eigenvalue weighted by Crippen LogP contribution is -2.33. The summed E-state index contributed by atoms with van der Waals surface area (Å²) in [6, 6.07) is 2.92. The van der Waals surface area contributed by atoms with Crippen molar-refractivity contribution in [2.75, 3.05) is 0 Å². The van der Waals surface area contributed by atoms with Gasteiger partial charge in [0, 0.05) is 5.46 Å². The minimum atomic E-state index is -1.58. The number of hydrogen-bond donors (Lipinski definition) is 3. The zero-order chi connectivity index (χ0) is 10.7. The zero-order valence-electron chi connectivity index (χ0n) is 7.01. The number of aliphatic carboxylic acids is 1. The van der Waals surface area contributed by atoms with Gasteiger partial charge in [0.1, 0.15) is 3.70 Å². The highest BCUT2D eigenvalue weighted by Crippen LogP contribution is 2.02. The molecule has 5 nitrogen and oxygen atoms in total. The molecule has 0 bridgehead atoms. The standard InChI is InChI=1S/C7H7BINO4/c9-7-5(8(13)14)2-1-4(10-7)3-6(11)12/h1-2,13-14H,3H2,(H,11,12). The Morgan fingerprint density at radius 3 is 2.57 bits per heavy atom. The minimum absolute atomic E-state index is 0.169. The van der Waals surface area contributed by atoms with Gasteiger partial charge in [0.15, 0.2) is 0 Å². The van der Waals surface area contributed by atoms with E-state index >= 15 is 0 Å². The highest BCUT2D eigenvalue weighted by Gasteiger charge is 2.16. The van der Waals surface area contributed by atoms with Crippen molar-refractivity contribution >= 4 is 41.1 Å². The van der Waals surface area contributed by atoms with Crippen LogP contribution in [0.1, 0.15) is 5.69 Å².